The number of rotatable bonds is 7. The van der Waals surface area contributed by atoms with Crippen LogP contribution in [0.15, 0.2) is 24.3 Å². The van der Waals surface area contributed by atoms with E-state index >= 15 is 0 Å². The molecule has 3 aliphatic carbocycles. The summed E-state index contributed by atoms with van der Waals surface area (Å²) >= 11 is 0. The van der Waals surface area contributed by atoms with Gasteiger partial charge >= 0.3 is 6.09 Å². The van der Waals surface area contributed by atoms with Gasteiger partial charge in [-0.1, -0.05) is 47.0 Å². The van der Waals surface area contributed by atoms with E-state index in [4.69, 9.17) is 19.2 Å². The van der Waals surface area contributed by atoms with Crippen LogP contribution in [0, 0.1) is 17.3 Å². The maximum atomic E-state index is 14.6. The Bertz CT molecular complexity index is 1930. The second kappa shape index (κ2) is 14.5. The normalized spacial score (nSPS) is 30.4. The van der Waals surface area contributed by atoms with Crippen molar-refractivity contribution >= 4 is 44.7 Å². The molecule has 0 spiro atoms. The number of fused-ring (bicyclic) bond motifs is 5. The standard InChI is InChI=1S/C39H53N5O9S/c1-6-24-20-39(24,36(47)43-54(49,50)27-13-14-27)42-34(45)30-19-26-21-44(30)35(46)33(38(2,3)4)41-37(48)53-31-17-22(31)10-8-7-9-11-29-32(52-26)18-23-16-25(51-5)12-15-28(23)40-29/h12,15-16,18,22,24,26-27,30-31,33H,6-11,13-14,17,19-21H2,1-5H3,(H,41,48)(H,42,45)(H,43,47)/t22-,24-,26-,30+,31-,33-,39-/m1/s1. The molecular weight excluding hydrogens is 715 g/mol. The molecule has 1 aromatic carbocycles. The number of aromatic nitrogens is 1. The SMILES string of the molecule is CC[C@@H]1C[C@]1(NC(=O)[C@@H]1C[C@@H]2CN1C(=O)[C@H](C(C)(C)C)NC(=O)O[C@@H]1C[C@H]1CCCCCc1nc3ccc(OC)cc3cc1O2)C(=O)NS(=O)(=O)C1CC1. The Morgan fingerprint density at radius 1 is 1.07 bits per heavy atom. The van der Waals surface area contributed by atoms with E-state index in [0.29, 0.717) is 37.2 Å². The zero-order chi connectivity index (χ0) is 38.6. The van der Waals surface area contributed by atoms with Crippen molar-refractivity contribution in [2.75, 3.05) is 13.7 Å². The first kappa shape index (κ1) is 38.1. The van der Waals surface area contributed by atoms with Gasteiger partial charge in [-0.2, -0.15) is 0 Å². The lowest BCUT2D eigenvalue weighted by atomic mass is 9.85. The minimum Gasteiger partial charge on any atom is -0.497 e. The third-order valence-corrected chi connectivity index (χ3v) is 13.5. The Labute approximate surface area is 316 Å². The van der Waals surface area contributed by atoms with Crippen molar-refractivity contribution in [3.63, 3.8) is 0 Å². The van der Waals surface area contributed by atoms with Gasteiger partial charge in [-0.3, -0.25) is 19.1 Å². The Hall–Kier alpha value is -4.14. The van der Waals surface area contributed by atoms with Crippen LogP contribution >= 0.6 is 0 Å². The van der Waals surface area contributed by atoms with E-state index in [-0.39, 0.29) is 37.3 Å². The molecule has 54 heavy (non-hydrogen) atoms. The number of nitrogens with one attached hydrogen (secondary N) is 3. The van der Waals surface area contributed by atoms with Crippen LogP contribution < -0.4 is 24.8 Å². The van der Waals surface area contributed by atoms with Gasteiger partial charge in [-0.15, -0.1) is 0 Å². The second-order valence-electron chi connectivity index (χ2n) is 16.9. The van der Waals surface area contributed by atoms with E-state index in [9.17, 15) is 27.6 Å². The van der Waals surface area contributed by atoms with Crippen LogP contribution in [0.2, 0.25) is 0 Å². The van der Waals surface area contributed by atoms with Gasteiger partial charge in [-0.05, 0) is 86.5 Å². The predicted octanol–water partition coefficient (Wildman–Crippen LogP) is 4.13. The first-order valence-corrected chi connectivity index (χ1v) is 21.0. The highest BCUT2D eigenvalue weighted by molar-refractivity contribution is 7.91. The van der Waals surface area contributed by atoms with Crippen LogP contribution in [0.4, 0.5) is 4.79 Å². The minimum atomic E-state index is -3.86. The van der Waals surface area contributed by atoms with Crippen molar-refractivity contribution in [3.05, 3.63) is 30.0 Å². The molecule has 2 aromatic rings. The van der Waals surface area contributed by atoms with Crippen LogP contribution in [0.3, 0.4) is 0 Å². The highest BCUT2D eigenvalue weighted by Gasteiger charge is 2.62. The average Bonchev–Trinajstić information content (AvgIpc) is 4.04. The lowest BCUT2D eigenvalue weighted by Gasteiger charge is -2.35. The number of hydrogen-bond acceptors (Lipinski definition) is 10. The van der Waals surface area contributed by atoms with E-state index in [1.165, 1.54) is 4.90 Å². The number of carbonyl (C=O) groups excluding carboxylic acids is 4. The van der Waals surface area contributed by atoms with Gasteiger partial charge in [0.2, 0.25) is 21.8 Å². The number of pyridine rings is 1. The van der Waals surface area contributed by atoms with Gasteiger partial charge in [0, 0.05) is 11.8 Å². The van der Waals surface area contributed by atoms with Gasteiger partial charge in [0.25, 0.3) is 5.91 Å². The molecule has 3 saturated carbocycles. The number of carbonyl (C=O) groups is 4. The van der Waals surface area contributed by atoms with Gasteiger partial charge in [-0.25, -0.2) is 18.2 Å². The Morgan fingerprint density at radius 3 is 2.54 bits per heavy atom. The third kappa shape index (κ3) is 7.97. The summed E-state index contributed by atoms with van der Waals surface area (Å²) in [6, 6.07) is 5.46. The van der Waals surface area contributed by atoms with Gasteiger partial charge < -0.3 is 29.7 Å². The Kier molecular flexibility index (Phi) is 10.2. The van der Waals surface area contributed by atoms with Gasteiger partial charge in [0.15, 0.2) is 0 Å². The second-order valence-corrected chi connectivity index (χ2v) is 18.9. The minimum absolute atomic E-state index is 0.0208. The van der Waals surface area contributed by atoms with E-state index < -0.39 is 68.2 Å². The summed E-state index contributed by atoms with van der Waals surface area (Å²) < 4.78 is 45.7. The van der Waals surface area contributed by atoms with Crippen molar-refractivity contribution in [1.29, 1.82) is 0 Å². The highest BCUT2D eigenvalue weighted by atomic mass is 32.2. The lowest BCUT2D eigenvalue weighted by molar-refractivity contribution is -0.143. The molecule has 0 unspecified atom stereocenters. The summed E-state index contributed by atoms with van der Waals surface area (Å²) in [4.78, 5) is 62.2. The lowest BCUT2D eigenvalue weighted by Crippen LogP contribution is -2.60. The fourth-order valence-electron chi connectivity index (χ4n) is 8.08. The van der Waals surface area contributed by atoms with Crippen molar-refractivity contribution in [2.45, 2.75) is 133 Å². The number of alkyl carbamates (subject to hydrolysis) is 1. The van der Waals surface area contributed by atoms with Gasteiger partial charge in [0.05, 0.1) is 30.1 Å². The van der Waals surface area contributed by atoms with Gasteiger partial charge in [0.1, 0.15) is 41.3 Å². The Balaban J connectivity index is 1.21. The number of sulfonamides is 1. The maximum absolute atomic E-state index is 14.6. The van der Waals surface area contributed by atoms with Crippen LogP contribution in [0.25, 0.3) is 10.9 Å². The number of amides is 4. The molecule has 1 saturated heterocycles. The average molecular weight is 768 g/mol. The van der Waals surface area contributed by atoms with Crippen LogP contribution in [0.1, 0.15) is 97.6 Å². The molecule has 15 heteroatoms. The molecule has 2 bridgehead atoms. The number of methoxy groups -OCH3 is 1. The molecule has 14 nitrogen and oxygen atoms in total. The predicted molar refractivity (Wildman–Crippen MR) is 199 cm³/mol. The van der Waals surface area contributed by atoms with Crippen molar-refractivity contribution in [3.8, 4) is 11.5 Å². The summed E-state index contributed by atoms with van der Waals surface area (Å²) in [6.45, 7) is 7.39. The first-order valence-electron chi connectivity index (χ1n) is 19.4. The summed E-state index contributed by atoms with van der Waals surface area (Å²) in [6.07, 6.45) is 5.55. The molecule has 294 valence electrons. The maximum Gasteiger partial charge on any atom is 0.408 e. The van der Waals surface area contributed by atoms with E-state index in [1.807, 2.05) is 52.0 Å². The topological polar surface area (TPSA) is 182 Å². The molecule has 4 amide bonds. The Morgan fingerprint density at radius 2 is 1.85 bits per heavy atom. The molecule has 2 aliphatic heterocycles. The molecule has 5 aliphatic rings. The third-order valence-electron chi connectivity index (χ3n) is 11.7. The van der Waals surface area contributed by atoms with Crippen LogP contribution in [-0.4, -0.2) is 90.9 Å². The molecular formula is C39H53N5O9S. The monoisotopic (exact) mass is 767 g/mol. The number of aryl methyl sites for hydroxylation is 1. The molecule has 1 aromatic heterocycles. The molecule has 7 rings (SSSR count). The quantitative estimate of drug-likeness (QED) is 0.371. The highest BCUT2D eigenvalue weighted by Crippen LogP contribution is 2.47. The van der Waals surface area contributed by atoms with Crippen molar-refractivity contribution in [2.24, 2.45) is 17.3 Å². The number of benzene rings is 1. The fraction of sp³-hybridized carbons (Fsp3) is 0.667. The first-order chi connectivity index (χ1) is 25.6. The largest absolute Gasteiger partial charge is 0.497 e. The molecule has 0 radical (unpaired) electrons. The van der Waals surface area contributed by atoms with E-state index in [1.54, 1.807) is 7.11 Å². The summed E-state index contributed by atoms with van der Waals surface area (Å²) in [5.41, 5.74) is -0.613. The van der Waals surface area contributed by atoms with E-state index in [2.05, 4.69) is 15.4 Å². The summed E-state index contributed by atoms with van der Waals surface area (Å²) in [5.74, 6) is -0.605. The fourth-order valence-corrected chi connectivity index (χ4v) is 9.44. The molecule has 4 fully saturated rings. The summed E-state index contributed by atoms with van der Waals surface area (Å²) in [5, 5.41) is 5.93. The van der Waals surface area contributed by atoms with Crippen molar-refractivity contribution < 1.29 is 41.8 Å². The zero-order valence-corrected chi connectivity index (χ0v) is 32.6. The molecule has 7 atom stereocenters. The zero-order valence-electron chi connectivity index (χ0n) is 31.8. The molecule has 3 heterocycles. The number of nitrogens with zero attached hydrogens (tertiary/aromatic N) is 2. The smallest absolute Gasteiger partial charge is 0.408 e. The number of hydrogen-bond donors (Lipinski definition) is 3. The van der Waals surface area contributed by atoms with E-state index in [0.717, 1.165) is 48.7 Å². The van der Waals surface area contributed by atoms with Crippen LogP contribution in [-0.2, 0) is 35.6 Å². The molecule has 3 N–H and O–H groups in total. The number of ether oxygens (including phenoxy) is 3. The summed E-state index contributed by atoms with van der Waals surface area (Å²) in [7, 11) is -2.26. The van der Waals surface area contributed by atoms with Crippen molar-refractivity contribution in [1.82, 2.24) is 25.2 Å². The van der Waals surface area contributed by atoms with Crippen LogP contribution in [0.5, 0.6) is 11.5 Å².